The van der Waals surface area contributed by atoms with E-state index in [0.29, 0.717) is 67.2 Å². The molecule has 0 bridgehead atoms. The Morgan fingerprint density at radius 1 is 0.977 bits per heavy atom. The average molecular weight is 669 g/mol. The molecule has 1 aliphatic carbocycles. The monoisotopic (exact) mass is 667 g/mol. The molecule has 2 aromatic carbocycles. The van der Waals surface area contributed by atoms with Crippen LogP contribution in [0.4, 0.5) is 10.5 Å². The highest BCUT2D eigenvalue weighted by Gasteiger charge is 2.35. The molecule has 11 nitrogen and oxygen atoms in total. The molecule has 0 atom stereocenters. The first-order chi connectivity index (χ1) is 20.0. The van der Waals surface area contributed by atoms with Gasteiger partial charge in [-0.1, -0.05) is 12.1 Å². The second-order valence-corrected chi connectivity index (χ2v) is 10.9. The van der Waals surface area contributed by atoms with E-state index >= 15 is 0 Å². The average Bonchev–Trinajstić information content (AvgIpc) is 3.54. The summed E-state index contributed by atoms with van der Waals surface area (Å²) < 4.78 is 11.3. The summed E-state index contributed by atoms with van der Waals surface area (Å²) in [5.41, 5.74) is 7.05. The van der Waals surface area contributed by atoms with Gasteiger partial charge < -0.3 is 14.8 Å². The molecule has 3 aromatic rings. The number of nitrogens with zero attached hydrogens (tertiary/aromatic N) is 4. The summed E-state index contributed by atoms with van der Waals surface area (Å²) in [5.74, 6) is 0.619. The van der Waals surface area contributed by atoms with E-state index in [0.717, 1.165) is 49.6 Å². The summed E-state index contributed by atoms with van der Waals surface area (Å²) in [6.07, 6.45) is 0. The van der Waals surface area contributed by atoms with Crippen molar-refractivity contribution in [2.75, 3.05) is 71.0 Å². The molecule has 0 unspecified atom stereocenters. The third-order valence-corrected chi connectivity index (χ3v) is 8.01. The number of carbonyl (C=O) groups excluding carboxylic acids is 2. The van der Waals surface area contributed by atoms with Gasteiger partial charge in [0.05, 0.1) is 35.7 Å². The van der Waals surface area contributed by atoms with Gasteiger partial charge in [0, 0.05) is 63.0 Å². The van der Waals surface area contributed by atoms with Crippen LogP contribution in [0.5, 0.6) is 5.75 Å². The SMILES string of the molecule is CC(C)N1CCN(CCOc2ccc(-c3n[nH]c4c3C(=O)c3c(NC(=O)NN5CCOCC5)cccc3-4)cc2)CC1.Cl.Cl.Cl. The highest BCUT2D eigenvalue weighted by atomic mass is 35.5. The van der Waals surface area contributed by atoms with Gasteiger partial charge in [-0.2, -0.15) is 5.10 Å². The van der Waals surface area contributed by atoms with Crippen LogP contribution in [-0.4, -0.2) is 108 Å². The van der Waals surface area contributed by atoms with Crippen LogP contribution in [0.15, 0.2) is 42.5 Å². The van der Waals surface area contributed by atoms with Crippen molar-refractivity contribution in [3.05, 3.63) is 53.6 Å². The Kier molecular flexibility index (Phi) is 12.9. The molecule has 2 aliphatic heterocycles. The van der Waals surface area contributed by atoms with E-state index in [-0.39, 0.29) is 43.0 Å². The highest BCUT2D eigenvalue weighted by molar-refractivity contribution is 6.26. The Balaban J connectivity index is 0.00000176. The van der Waals surface area contributed by atoms with E-state index < -0.39 is 6.03 Å². The maximum atomic E-state index is 13.7. The maximum Gasteiger partial charge on any atom is 0.333 e. The van der Waals surface area contributed by atoms with Gasteiger partial charge in [0.1, 0.15) is 18.1 Å². The first-order valence-corrected chi connectivity index (χ1v) is 14.3. The minimum Gasteiger partial charge on any atom is -0.492 e. The molecule has 1 aromatic heterocycles. The number of urea groups is 1. The predicted molar refractivity (Wildman–Crippen MR) is 178 cm³/mol. The molecule has 3 heterocycles. The molecule has 240 valence electrons. The summed E-state index contributed by atoms with van der Waals surface area (Å²) in [4.78, 5) is 31.3. The molecule has 3 aliphatic rings. The van der Waals surface area contributed by atoms with Gasteiger partial charge in [0.25, 0.3) is 0 Å². The molecular formula is C30H40Cl3N7O4. The summed E-state index contributed by atoms with van der Waals surface area (Å²) in [7, 11) is 0. The normalized spacial score (nSPS) is 16.7. The Morgan fingerprint density at radius 3 is 2.36 bits per heavy atom. The fourth-order valence-corrected chi connectivity index (χ4v) is 5.68. The molecule has 6 rings (SSSR count). The zero-order chi connectivity index (χ0) is 28.3. The van der Waals surface area contributed by atoms with E-state index in [1.807, 2.05) is 36.4 Å². The molecule has 0 spiro atoms. The van der Waals surface area contributed by atoms with Gasteiger partial charge in [0.15, 0.2) is 5.78 Å². The molecule has 14 heteroatoms. The van der Waals surface area contributed by atoms with Crippen LogP contribution in [0.3, 0.4) is 0 Å². The number of amides is 2. The number of ether oxygens (including phenoxy) is 2. The Labute approximate surface area is 276 Å². The maximum absolute atomic E-state index is 13.7. The zero-order valence-corrected chi connectivity index (χ0v) is 27.3. The van der Waals surface area contributed by atoms with Crippen LogP contribution in [0, 0.1) is 0 Å². The third-order valence-electron chi connectivity index (χ3n) is 8.01. The smallest absolute Gasteiger partial charge is 0.333 e. The first-order valence-electron chi connectivity index (χ1n) is 14.3. The lowest BCUT2D eigenvalue weighted by Gasteiger charge is -2.36. The number of hydrogen-bond donors (Lipinski definition) is 3. The van der Waals surface area contributed by atoms with Gasteiger partial charge in [-0.15, -0.1) is 37.2 Å². The number of rotatable bonds is 8. The number of carbonyl (C=O) groups is 2. The minimum absolute atomic E-state index is 0. The Hall–Kier alpha value is -2.90. The van der Waals surface area contributed by atoms with Crippen LogP contribution in [-0.2, 0) is 4.74 Å². The predicted octanol–water partition coefficient (Wildman–Crippen LogP) is 4.33. The lowest BCUT2D eigenvalue weighted by Crippen LogP contribution is -2.49. The fourth-order valence-electron chi connectivity index (χ4n) is 5.68. The number of halogens is 3. The molecule has 44 heavy (non-hydrogen) atoms. The number of nitrogens with one attached hydrogen (secondary N) is 3. The van der Waals surface area contributed by atoms with Crippen LogP contribution in [0.2, 0.25) is 0 Å². The number of benzene rings is 2. The number of ketones is 1. The molecule has 2 fully saturated rings. The van der Waals surface area contributed by atoms with Crippen LogP contribution in [0.25, 0.3) is 22.5 Å². The number of aromatic nitrogens is 2. The van der Waals surface area contributed by atoms with E-state index in [9.17, 15) is 9.59 Å². The lowest BCUT2D eigenvalue weighted by molar-refractivity contribution is 0.0207. The van der Waals surface area contributed by atoms with Crippen molar-refractivity contribution >= 4 is 54.7 Å². The molecular weight excluding hydrogens is 629 g/mol. The Bertz CT molecular complexity index is 1410. The van der Waals surface area contributed by atoms with Crippen molar-refractivity contribution in [3.63, 3.8) is 0 Å². The third kappa shape index (κ3) is 7.66. The van der Waals surface area contributed by atoms with Crippen molar-refractivity contribution in [2.24, 2.45) is 0 Å². The van der Waals surface area contributed by atoms with Crippen LogP contribution >= 0.6 is 37.2 Å². The van der Waals surface area contributed by atoms with Crippen molar-refractivity contribution in [1.29, 1.82) is 0 Å². The number of hydrazine groups is 1. The summed E-state index contributed by atoms with van der Waals surface area (Å²) in [6.45, 7) is 12.7. The highest BCUT2D eigenvalue weighted by Crippen LogP contribution is 2.43. The van der Waals surface area contributed by atoms with E-state index in [4.69, 9.17) is 9.47 Å². The molecule has 3 N–H and O–H groups in total. The number of H-pyrrole nitrogens is 1. The van der Waals surface area contributed by atoms with Gasteiger partial charge in [-0.3, -0.25) is 25.1 Å². The van der Waals surface area contributed by atoms with Gasteiger partial charge in [-0.05, 0) is 44.2 Å². The largest absolute Gasteiger partial charge is 0.492 e. The molecule has 0 radical (unpaired) electrons. The fraction of sp³-hybridized carbons (Fsp3) is 0.433. The van der Waals surface area contributed by atoms with Crippen LogP contribution in [0.1, 0.15) is 29.8 Å². The number of anilines is 1. The topological polar surface area (TPSA) is 115 Å². The van der Waals surface area contributed by atoms with Gasteiger partial charge in [-0.25, -0.2) is 9.80 Å². The summed E-state index contributed by atoms with van der Waals surface area (Å²) >= 11 is 0. The standard InChI is InChI=1S/C30H37N7O4.3ClH/c1-20(2)36-12-10-35(11-13-36)14-19-41-22-8-6-21(7-9-22)27-26-28(33-32-27)23-4-3-5-24(25(23)29(26)38)31-30(39)34-37-15-17-40-18-16-37;;;/h3-9,20H,10-19H2,1-2H3,(H,32,33)(H2,31,34,39);3*1H. The van der Waals surface area contributed by atoms with Gasteiger partial charge in [0.2, 0.25) is 0 Å². The van der Waals surface area contributed by atoms with Crippen molar-refractivity contribution in [1.82, 2.24) is 30.4 Å². The summed E-state index contributed by atoms with van der Waals surface area (Å²) in [6, 6.07) is 13.3. The molecule has 2 amide bonds. The van der Waals surface area contributed by atoms with E-state index in [1.54, 1.807) is 11.1 Å². The number of morpholine rings is 1. The van der Waals surface area contributed by atoms with E-state index in [2.05, 4.69) is 44.6 Å². The molecule has 2 saturated heterocycles. The number of hydrogen-bond acceptors (Lipinski definition) is 8. The van der Waals surface area contributed by atoms with E-state index in [1.165, 1.54) is 0 Å². The first kappa shape index (κ1) is 35.6. The second-order valence-electron chi connectivity index (χ2n) is 10.9. The minimum atomic E-state index is -0.393. The lowest BCUT2D eigenvalue weighted by atomic mass is 10.0. The van der Waals surface area contributed by atoms with Crippen molar-refractivity contribution < 1.29 is 19.1 Å². The van der Waals surface area contributed by atoms with Crippen molar-refractivity contribution in [2.45, 2.75) is 19.9 Å². The Morgan fingerprint density at radius 2 is 1.68 bits per heavy atom. The number of aromatic amines is 1. The second kappa shape index (κ2) is 15.9. The quantitative estimate of drug-likeness (QED) is 0.254. The zero-order valence-electron chi connectivity index (χ0n) is 24.8. The number of fused-ring (bicyclic) bond motifs is 3. The van der Waals surface area contributed by atoms with Gasteiger partial charge >= 0.3 is 6.03 Å². The molecule has 0 saturated carbocycles. The van der Waals surface area contributed by atoms with Crippen LogP contribution < -0.4 is 15.5 Å². The number of piperazine rings is 1. The van der Waals surface area contributed by atoms with Crippen molar-refractivity contribution in [3.8, 4) is 28.3 Å². The summed E-state index contributed by atoms with van der Waals surface area (Å²) in [5, 5.41) is 12.2.